The number of aromatic nitrogens is 2. The van der Waals surface area contributed by atoms with E-state index in [0.717, 1.165) is 53.8 Å². The highest BCUT2D eigenvalue weighted by Gasteiger charge is 2.24. The minimum atomic E-state index is -0.476. The molecule has 1 aliphatic heterocycles. The Morgan fingerprint density at radius 3 is 2.90 bits per heavy atom. The molecule has 0 saturated carbocycles. The number of carbonyl (C=O) groups is 1. The molecule has 0 radical (unpaired) electrons. The predicted molar refractivity (Wildman–Crippen MR) is 120 cm³/mol. The Morgan fingerprint density at radius 1 is 1.29 bits per heavy atom. The van der Waals surface area contributed by atoms with Crippen molar-refractivity contribution in [2.24, 2.45) is 0 Å². The van der Waals surface area contributed by atoms with Crippen molar-refractivity contribution in [3.05, 3.63) is 53.9 Å². The summed E-state index contributed by atoms with van der Waals surface area (Å²) in [4.78, 5) is 28.1. The van der Waals surface area contributed by atoms with Gasteiger partial charge in [-0.3, -0.25) is 14.5 Å². The minimum absolute atomic E-state index is 0.209. The lowest BCUT2D eigenvalue weighted by atomic mass is 10.1. The van der Waals surface area contributed by atoms with E-state index in [2.05, 4.69) is 32.5 Å². The zero-order valence-corrected chi connectivity index (χ0v) is 18.3. The van der Waals surface area contributed by atoms with Gasteiger partial charge in [0.25, 0.3) is 5.91 Å². The number of pyridine rings is 1. The number of amides is 1. The van der Waals surface area contributed by atoms with Crippen molar-refractivity contribution in [1.29, 1.82) is 0 Å². The summed E-state index contributed by atoms with van der Waals surface area (Å²) in [5, 5.41) is 10.7. The first-order valence-corrected chi connectivity index (χ1v) is 10.7. The summed E-state index contributed by atoms with van der Waals surface area (Å²) in [6.07, 6.45) is 2.18. The van der Waals surface area contributed by atoms with Crippen LogP contribution in [0.1, 0.15) is 49.8 Å². The van der Waals surface area contributed by atoms with Gasteiger partial charge in [0.2, 0.25) is 0 Å². The number of rotatable bonds is 6. The largest absolute Gasteiger partial charge is 0.395 e. The number of likely N-dealkylation sites (tertiary alicyclic amines) is 1. The quantitative estimate of drug-likeness (QED) is 0.528. The Bertz CT molecular complexity index is 1070. The molecule has 0 bridgehead atoms. The molecule has 1 aliphatic rings. The zero-order chi connectivity index (χ0) is 22.0. The first-order valence-electron chi connectivity index (χ1n) is 10.7. The molecular formula is C24H30N4O3. The number of hydrogen-bond donors (Lipinski definition) is 3. The van der Waals surface area contributed by atoms with Gasteiger partial charge in [-0.2, -0.15) is 0 Å². The van der Waals surface area contributed by atoms with Gasteiger partial charge in [0.15, 0.2) is 0 Å². The summed E-state index contributed by atoms with van der Waals surface area (Å²) >= 11 is 0. The van der Waals surface area contributed by atoms with Crippen LogP contribution in [-0.2, 0) is 11.4 Å². The smallest absolute Gasteiger partial charge is 0.293 e. The molecule has 1 atom stereocenters. The number of aromatic amines is 1. The third kappa shape index (κ3) is 5.12. The summed E-state index contributed by atoms with van der Waals surface area (Å²) < 4.78 is 0. The average Bonchev–Trinajstić information content (AvgIpc) is 3.37. The highest BCUT2D eigenvalue weighted by Crippen LogP contribution is 2.26. The Morgan fingerprint density at radius 2 is 2.13 bits per heavy atom. The maximum Gasteiger partial charge on any atom is 0.293 e. The standard InChI is InChI=1S/C24H30N4O3/c1-24(2,3)31-27-23(30)22-8-4-7-20(26-22)16-9-10-21-17(12-16)13-18(25-21)14-28-11-5-6-19(28)15-29/h4,7-10,12-13,19,25,29H,5-6,11,14-15H2,1-3H3,(H,27,30)/t19-/m1/s1. The van der Waals surface area contributed by atoms with E-state index < -0.39 is 5.60 Å². The van der Waals surface area contributed by atoms with Crippen LogP contribution in [0.25, 0.3) is 22.2 Å². The molecule has 164 valence electrons. The van der Waals surface area contributed by atoms with Crippen molar-refractivity contribution < 1.29 is 14.7 Å². The number of aliphatic hydroxyl groups is 1. The molecule has 7 nitrogen and oxygen atoms in total. The van der Waals surface area contributed by atoms with E-state index in [-0.39, 0.29) is 18.6 Å². The molecule has 0 aliphatic carbocycles. The highest BCUT2D eigenvalue weighted by molar-refractivity contribution is 5.92. The fourth-order valence-electron chi connectivity index (χ4n) is 3.94. The van der Waals surface area contributed by atoms with Crippen molar-refractivity contribution >= 4 is 16.8 Å². The molecule has 7 heteroatoms. The van der Waals surface area contributed by atoms with E-state index in [1.54, 1.807) is 6.07 Å². The van der Waals surface area contributed by atoms with Crippen LogP contribution in [0.5, 0.6) is 0 Å². The van der Waals surface area contributed by atoms with E-state index in [1.165, 1.54) is 0 Å². The van der Waals surface area contributed by atoms with Crippen LogP contribution in [0.2, 0.25) is 0 Å². The number of fused-ring (bicyclic) bond motifs is 1. The molecule has 3 aromatic rings. The number of nitrogens with zero attached hydrogens (tertiary/aromatic N) is 2. The fraction of sp³-hybridized carbons (Fsp3) is 0.417. The highest BCUT2D eigenvalue weighted by atomic mass is 16.7. The van der Waals surface area contributed by atoms with Crippen molar-refractivity contribution in [1.82, 2.24) is 20.3 Å². The molecule has 3 N–H and O–H groups in total. The monoisotopic (exact) mass is 422 g/mol. The van der Waals surface area contributed by atoms with Gasteiger partial charge in [0, 0.05) is 34.7 Å². The molecule has 0 unspecified atom stereocenters. The number of H-pyrrole nitrogens is 1. The average molecular weight is 423 g/mol. The van der Waals surface area contributed by atoms with Gasteiger partial charge in [-0.1, -0.05) is 12.1 Å². The normalized spacial score (nSPS) is 17.4. The fourth-order valence-corrected chi connectivity index (χ4v) is 3.94. The van der Waals surface area contributed by atoms with Gasteiger partial charge >= 0.3 is 0 Å². The lowest BCUT2D eigenvalue weighted by Crippen LogP contribution is -2.33. The number of hydroxylamine groups is 1. The second-order valence-electron chi connectivity index (χ2n) is 9.10. The van der Waals surface area contributed by atoms with Gasteiger partial charge in [0.05, 0.1) is 17.9 Å². The van der Waals surface area contributed by atoms with E-state index in [1.807, 2.05) is 45.0 Å². The van der Waals surface area contributed by atoms with Crippen LogP contribution in [0.15, 0.2) is 42.5 Å². The first-order chi connectivity index (χ1) is 14.8. The summed E-state index contributed by atoms with van der Waals surface area (Å²) in [6.45, 7) is 7.63. The summed E-state index contributed by atoms with van der Waals surface area (Å²) in [7, 11) is 0. The third-order valence-corrected chi connectivity index (χ3v) is 5.49. The second kappa shape index (κ2) is 8.78. The van der Waals surface area contributed by atoms with Crippen LogP contribution in [0.3, 0.4) is 0 Å². The summed E-state index contributed by atoms with van der Waals surface area (Å²) in [6, 6.07) is 13.9. The lowest BCUT2D eigenvalue weighted by Gasteiger charge is -2.21. The lowest BCUT2D eigenvalue weighted by molar-refractivity contribution is -0.0591. The number of aliphatic hydroxyl groups excluding tert-OH is 1. The molecule has 31 heavy (non-hydrogen) atoms. The molecule has 1 aromatic carbocycles. The van der Waals surface area contributed by atoms with Crippen molar-refractivity contribution in [2.75, 3.05) is 13.2 Å². The first kappa shape index (κ1) is 21.5. The van der Waals surface area contributed by atoms with Crippen molar-refractivity contribution in [2.45, 2.75) is 51.8 Å². The van der Waals surface area contributed by atoms with Gasteiger partial charge in [0.1, 0.15) is 5.69 Å². The molecule has 1 saturated heterocycles. The van der Waals surface area contributed by atoms with E-state index in [4.69, 9.17) is 4.84 Å². The van der Waals surface area contributed by atoms with Crippen LogP contribution < -0.4 is 5.48 Å². The molecule has 3 heterocycles. The molecular weight excluding hydrogens is 392 g/mol. The topological polar surface area (TPSA) is 90.5 Å². The zero-order valence-electron chi connectivity index (χ0n) is 18.3. The number of benzene rings is 1. The number of nitrogens with one attached hydrogen (secondary N) is 2. The third-order valence-electron chi connectivity index (χ3n) is 5.49. The van der Waals surface area contributed by atoms with Crippen molar-refractivity contribution in [3.8, 4) is 11.3 Å². The van der Waals surface area contributed by atoms with E-state index in [0.29, 0.717) is 5.69 Å². The van der Waals surface area contributed by atoms with Crippen LogP contribution in [0, 0.1) is 0 Å². The Labute approximate surface area is 182 Å². The predicted octanol–water partition coefficient (Wildman–Crippen LogP) is 3.65. The number of hydrogen-bond acceptors (Lipinski definition) is 5. The summed E-state index contributed by atoms with van der Waals surface area (Å²) in [5.74, 6) is -0.370. The van der Waals surface area contributed by atoms with E-state index in [9.17, 15) is 9.90 Å². The van der Waals surface area contributed by atoms with Crippen LogP contribution >= 0.6 is 0 Å². The molecule has 4 rings (SSSR count). The second-order valence-corrected chi connectivity index (χ2v) is 9.10. The molecule has 0 spiro atoms. The Hall–Kier alpha value is -2.74. The minimum Gasteiger partial charge on any atom is -0.395 e. The molecule has 1 fully saturated rings. The maximum atomic E-state index is 12.4. The SMILES string of the molecule is CC(C)(C)ONC(=O)c1cccc(-c2ccc3[nH]c(CN4CCC[C@@H]4CO)cc3c2)n1. The van der Waals surface area contributed by atoms with E-state index >= 15 is 0 Å². The van der Waals surface area contributed by atoms with Crippen LogP contribution in [0.4, 0.5) is 0 Å². The maximum absolute atomic E-state index is 12.4. The van der Waals surface area contributed by atoms with Gasteiger partial charge in [-0.05, 0) is 70.5 Å². The summed E-state index contributed by atoms with van der Waals surface area (Å²) in [5.41, 5.74) is 6.16. The van der Waals surface area contributed by atoms with Crippen LogP contribution in [-0.4, -0.2) is 50.7 Å². The van der Waals surface area contributed by atoms with Gasteiger partial charge in [-0.15, -0.1) is 0 Å². The van der Waals surface area contributed by atoms with Gasteiger partial charge < -0.3 is 10.1 Å². The molecule has 2 aromatic heterocycles. The van der Waals surface area contributed by atoms with Crippen molar-refractivity contribution in [3.63, 3.8) is 0 Å². The Balaban J connectivity index is 1.52. The number of carbonyl (C=O) groups excluding carboxylic acids is 1. The van der Waals surface area contributed by atoms with Gasteiger partial charge in [-0.25, -0.2) is 10.5 Å². The Kier molecular flexibility index (Phi) is 6.09. The molecule has 1 amide bonds.